The van der Waals surface area contributed by atoms with Crippen LogP contribution in [0.2, 0.25) is 0 Å². The van der Waals surface area contributed by atoms with Crippen molar-refractivity contribution in [3.63, 3.8) is 0 Å². The van der Waals surface area contributed by atoms with Crippen LogP contribution < -0.4 is 0 Å². The van der Waals surface area contributed by atoms with Gasteiger partial charge in [0.25, 0.3) is 5.91 Å². The highest BCUT2D eigenvalue weighted by atomic mass is 16.6. The van der Waals surface area contributed by atoms with Crippen LogP contribution >= 0.6 is 0 Å². The summed E-state index contributed by atoms with van der Waals surface area (Å²) in [6.45, 7) is 12.0. The fraction of sp³-hybridized carbons (Fsp3) is 0.680. The molecule has 0 saturated carbocycles. The zero-order valence-corrected chi connectivity index (χ0v) is 20.4. The summed E-state index contributed by atoms with van der Waals surface area (Å²) < 4.78 is 11.3. The largest absolute Gasteiger partial charge is 0.464 e. The molecule has 0 spiro atoms. The summed E-state index contributed by atoms with van der Waals surface area (Å²) >= 11 is 0. The lowest BCUT2D eigenvalue weighted by Crippen LogP contribution is -2.52. The molecular formula is C25H36N2O6. The molecule has 2 saturated heterocycles. The molecule has 2 fully saturated rings. The number of carbonyl (C=O) groups is 2. The van der Waals surface area contributed by atoms with Gasteiger partial charge in [0.2, 0.25) is 6.04 Å². The van der Waals surface area contributed by atoms with Crippen molar-refractivity contribution in [3.05, 3.63) is 46.0 Å². The van der Waals surface area contributed by atoms with Crippen LogP contribution in [-0.2, 0) is 19.1 Å². The van der Waals surface area contributed by atoms with E-state index in [1.807, 2.05) is 40.7 Å². The first-order valence-corrected chi connectivity index (χ1v) is 11.8. The van der Waals surface area contributed by atoms with Gasteiger partial charge in [-0.25, -0.2) is 4.79 Å². The van der Waals surface area contributed by atoms with Gasteiger partial charge >= 0.3 is 5.97 Å². The average Bonchev–Trinajstić information content (AvgIpc) is 3.37. The minimum atomic E-state index is -1.16. The quantitative estimate of drug-likeness (QED) is 0.363. The lowest BCUT2D eigenvalue weighted by atomic mass is 9.73. The Hall–Kier alpha value is -2.48. The number of ether oxygens (including phenoxy) is 2. The molecule has 1 aromatic rings. The van der Waals surface area contributed by atoms with Gasteiger partial charge < -0.3 is 14.4 Å². The molecule has 33 heavy (non-hydrogen) atoms. The van der Waals surface area contributed by atoms with Gasteiger partial charge in [-0.05, 0) is 36.2 Å². The molecule has 1 amide bonds. The Balaban J connectivity index is 2.21. The number of amides is 1. The van der Waals surface area contributed by atoms with Crippen molar-refractivity contribution in [1.29, 1.82) is 0 Å². The number of nitrogens with zero attached hydrogens (tertiary/aromatic N) is 2. The monoisotopic (exact) mass is 460 g/mol. The first-order valence-electron chi connectivity index (χ1n) is 11.8. The molecule has 8 heteroatoms. The highest BCUT2D eigenvalue weighted by Crippen LogP contribution is 2.50. The number of carbonyl (C=O) groups excluding carboxylic acids is 2. The summed E-state index contributed by atoms with van der Waals surface area (Å²) in [6.07, 6.45) is 0.00264. The average molecular weight is 461 g/mol. The molecule has 0 aliphatic carbocycles. The van der Waals surface area contributed by atoms with Gasteiger partial charge in [-0.1, -0.05) is 65.0 Å². The number of hydrogen-bond donors (Lipinski definition) is 0. The molecule has 1 aromatic carbocycles. The number of esters is 1. The minimum Gasteiger partial charge on any atom is -0.464 e. The summed E-state index contributed by atoms with van der Waals surface area (Å²) in [5.74, 6) is -1.52. The van der Waals surface area contributed by atoms with Crippen molar-refractivity contribution in [2.24, 2.45) is 23.2 Å². The molecule has 182 valence electrons. The van der Waals surface area contributed by atoms with Crippen molar-refractivity contribution in [2.45, 2.75) is 72.2 Å². The Kier molecular flexibility index (Phi) is 7.46. The van der Waals surface area contributed by atoms with Gasteiger partial charge in [0.1, 0.15) is 18.2 Å². The van der Waals surface area contributed by atoms with Gasteiger partial charge in [0, 0.05) is 11.5 Å². The third-order valence-electron chi connectivity index (χ3n) is 7.04. The molecule has 2 aliphatic rings. The number of hydrogen-bond acceptors (Lipinski definition) is 6. The number of nitro groups is 1. The number of benzene rings is 1. The predicted molar refractivity (Wildman–Crippen MR) is 123 cm³/mol. The lowest BCUT2D eigenvalue weighted by molar-refractivity contribution is -0.536. The number of rotatable bonds is 6. The molecule has 0 N–H and O–H groups in total. The first-order chi connectivity index (χ1) is 15.5. The van der Waals surface area contributed by atoms with E-state index in [0.29, 0.717) is 12.2 Å². The summed E-state index contributed by atoms with van der Waals surface area (Å²) in [7, 11) is 0. The van der Waals surface area contributed by atoms with E-state index in [0.717, 1.165) is 6.42 Å². The van der Waals surface area contributed by atoms with Crippen molar-refractivity contribution in [3.8, 4) is 0 Å². The van der Waals surface area contributed by atoms with E-state index in [1.54, 1.807) is 31.2 Å². The topological polar surface area (TPSA) is 99.0 Å². The zero-order valence-electron chi connectivity index (χ0n) is 20.4. The Bertz CT molecular complexity index is 865. The fourth-order valence-electron chi connectivity index (χ4n) is 5.59. The Morgan fingerprint density at radius 1 is 1.24 bits per heavy atom. The second-order valence-corrected chi connectivity index (χ2v) is 10.5. The molecule has 3 rings (SSSR count). The molecule has 2 heterocycles. The van der Waals surface area contributed by atoms with E-state index in [2.05, 4.69) is 0 Å². The molecule has 0 radical (unpaired) electrons. The maximum absolute atomic E-state index is 14.1. The molecular weight excluding hydrogens is 424 g/mol. The Morgan fingerprint density at radius 3 is 2.39 bits per heavy atom. The molecule has 2 aliphatic heterocycles. The molecule has 8 nitrogen and oxygen atoms in total. The third-order valence-corrected chi connectivity index (χ3v) is 7.04. The molecule has 0 bridgehead atoms. The van der Waals surface area contributed by atoms with E-state index in [4.69, 9.17) is 9.47 Å². The highest BCUT2D eigenvalue weighted by molar-refractivity contribution is 5.89. The predicted octanol–water partition coefficient (Wildman–Crippen LogP) is 3.87. The van der Waals surface area contributed by atoms with Crippen LogP contribution in [0.15, 0.2) is 30.3 Å². The van der Waals surface area contributed by atoms with E-state index in [9.17, 15) is 19.7 Å². The van der Waals surface area contributed by atoms with Gasteiger partial charge in [-0.3, -0.25) is 14.9 Å². The van der Waals surface area contributed by atoms with Crippen LogP contribution in [-0.4, -0.2) is 53.1 Å². The smallest absolute Gasteiger partial charge is 0.329 e. The first kappa shape index (κ1) is 25.1. The van der Waals surface area contributed by atoms with Crippen LogP contribution in [0.5, 0.6) is 0 Å². The lowest BCUT2D eigenvalue weighted by Gasteiger charge is -2.35. The standard InChI is InChI=1S/C25H36N2O6/c1-7-32-24(29)21-18(25(4,5)6)20(27(30)31)19(16-11-9-8-10-12-16)26(21)23(28)22-17(15(2)3)13-14-33-22/h8-12,15,17-22H,7,13-14H2,1-6H3/t17-,18-,19-,20-,21-,22-/m0/s1. The van der Waals surface area contributed by atoms with Crippen molar-refractivity contribution >= 4 is 11.9 Å². The van der Waals surface area contributed by atoms with Crippen LogP contribution in [0, 0.1) is 33.3 Å². The molecule has 0 unspecified atom stereocenters. The van der Waals surface area contributed by atoms with Gasteiger partial charge in [-0.2, -0.15) is 0 Å². The Morgan fingerprint density at radius 2 is 1.88 bits per heavy atom. The van der Waals surface area contributed by atoms with Crippen molar-refractivity contribution < 1.29 is 24.0 Å². The van der Waals surface area contributed by atoms with Crippen LogP contribution in [0.4, 0.5) is 0 Å². The maximum Gasteiger partial charge on any atom is 0.329 e. The SMILES string of the molecule is CCOC(=O)[C@@H]1[C@@H](C(C)(C)C)[C@H]([N+](=O)[O-])[C@H](c2ccccc2)N1C(=O)[C@H]1OCC[C@H]1C(C)C. The minimum absolute atomic E-state index is 0.0143. The zero-order chi connectivity index (χ0) is 24.5. The second-order valence-electron chi connectivity index (χ2n) is 10.5. The van der Waals surface area contributed by atoms with Gasteiger partial charge in [-0.15, -0.1) is 0 Å². The second kappa shape index (κ2) is 9.79. The Labute approximate surface area is 195 Å². The van der Waals surface area contributed by atoms with Crippen LogP contribution in [0.3, 0.4) is 0 Å². The van der Waals surface area contributed by atoms with Crippen LogP contribution in [0.25, 0.3) is 0 Å². The highest BCUT2D eigenvalue weighted by Gasteiger charge is 2.65. The normalized spacial score (nSPS) is 30.0. The van der Waals surface area contributed by atoms with E-state index >= 15 is 0 Å². The van der Waals surface area contributed by atoms with Gasteiger partial charge in [0.15, 0.2) is 0 Å². The van der Waals surface area contributed by atoms with E-state index in [-0.39, 0.29) is 29.3 Å². The fourth-order valence-corrected chi connectivity index (χ4v) is 5.59. The van der Waals surface area contributed by atoms with E-state index < -0.39 is 41.5 Å². The molecule has 6 atom stereocenters. The third kappa shape index (κ3) is 4.76. The van der Waals surface area contributed by atoms with E-state index in [1.165, 1.54) is 4.90 Å². The summed E-state index contributed by atoms with van der Waals surface area (Å²) in [6, 6.07) is 5.84. The van der Waals surface area contributed by atoms with Crippen LogP contribution in [0.1, 0.15) is 59.6 Å². The van der Waals surface area contributed by atoms with Crippen molar-refractivity contribution in [1.82, 2.24) is 4.90 Å². The summed E-state index contributed by atoms with van der Waals surface area (Å²) in [5.41, 5.74) is -0.00160. The molecule has 0 aromatic heterocycles. The van der Waals surface area contributed by atoms with Crippen molar-refractivity contribution in [2.75, 3.05) is 13.2 Å². The summed E-state index contributed by atoms with van der Waals surface area (Å²) in [4.78, 5) is 41.0. The summed E-state index contributed by atoms with van der Waals surface area (Å²) in [5, 5.41) is 12.5. The number of likely N-dealkylation sites (tertiary alicyclic amines) is 1. The van der Waals surface area contributed by atoms with Gasteiger partial charge in [0.05, 0.1) is 12.5 Å². The maximum atomic E-state index is 14.1.